The Morgan fingerprint density at radius 2 is 2.53 bits per heavy atom. The van der Waals surface area contributed by atoms with Crippen molar-refractivity contribution in [2.45, 2.75) is 32.0 Å². The first-order chi connectivity index (χ1) is 7.33. The van der Waals surface area contributed by atoms with Gasteiger partial charge in [0.1, 0.15) is 5.51 Å². The van der Waals surface area contributed by atoms with Crippen molar-refractivity contribution >= 4 is 16.5 Å². The Balaban J connectivity index is 1.71. The summed E-state index contributed by atoms with van der Waals surface area (Å²) in [5.41, 5.74) is 1.80. The van der Waals surface area contributed by atoms with Crippen molar-refractivity contribution in [1.29, 1.82) is 0 Å². The topological polar surface area (TPSA) is 38.2 Å². The van der Waals surface area contributed by atoms with E-state index in [1.807, 2.05) is 0 Å². The lowest BCUT2D eigenvalue weighted by molar-refractivity contribution is 0.0347. The Labute approximate surface area is 93.3 Å². The molecule has 0 radical (unpaired) electrons. The SMILES string of the molecule is C[C@@H]1C[C@@H]2CN(c3nncs3)CC[C@@H]2O1. The molecule has 2 fully saturated rings. The number of fused-ring (bicyclic) bond motifs is 1. The fourth-order valence-electron chi connectivity index (χ4n) is 2.68. The fraction of sp³-hybridized carbons (Fsp3) is 0.800. The van der Waals surface area contributed by atoms with Gasteiger partial charge in [-0.2, -0.15) is 0 Å². The minimum atomic E-state index is 0.439. The maximum Gasteiger partial charge on any atom is 0.208 e. The van der Waals surface area contributed by atoms with Crippen molar-refractivity contribution in [2.24, 2.45) is 5.92 Å². The number of anilines is 1. The van der Waals surface area contributed by atoms with Crippen molar-refractivity contribution in [3.63, 3.8) is 0 Å². The monoisotopic (exact) mass is 225 g/mol. The van der Waals surface area contributed by atoms with Crippen molar-refractivity contribution in [3.05, 3.63) is 5.51 Å². The highest BCUT2D eigenvalue weighted by Gasteiger charge is 2.37. The molecule has 5 heteroatoms. The van der Waals surface area contributed by atoms with E-state index in [2.05, 4.69) is 22.0 Å². The van der Waals surface area contributed by atoms with E-state index >= 15 is 0 Å². The zero-order chi connectivity index (χ0) is 10.3. The van der Waals surface area contributed by atoms with Gasteiger partial charge in [0, 0.05) is 19.0 Å². The molecule has 3 heterocycles. The van der Waals surface area contributed by atoms with Crippen LogP contribution in [-0.2, 0) is 4.74 Å². The summed E-state index contributed by atoms with van der Waals surface area (Å²) in [5.74, 6) is 0.692. The fourth-order valence-corrected chi connectivity index (χ4v) is 3.27. The highest BCUT2D eigenvalue weighted by molar-refractivity contribution is 7.13. The quantitative estimate of drug-likeness (QED) is 0.726. The van der Waals surface area contributed by atoms with Gasteiger partial charge in [-0.3, -0.25) is 0 Å². The second kappa shape index (κ2) is 3.72. The molecule has 0 aliphatic carbocycles. The van der Waals surface area contributed by atoms with Gasteiger partial charge < -0.3 is 9.64 Å². The average molecular weight is 225 g/mol. The van der Waals surface area contributed by atoms with Crippen LogP contribution in [0.3, 0.4) is 0 Å². The lowest BCUT2D eigenvalue weighted by Gasteiger charge is -2.33. The Hall–Kier alpha value is -0.680. The number of hydrogen-bond acceptors (Lipinski definition) is 5. The van der Waals surface area contributed by atoms with Crippen molar-refractivity contribution in [3.8, 4) is 0 Å². The number of rotatable bonds is 1. The van der Waals surface area contributed by atoms with Gasteiger partial charge in [-0.1, -0.05) is 11.3 Å². The van der Waals surface area contributed by atoms with E-state index in [9.17, 15) is 0 Å². The predicted octanol–water partition coefficient (Wildman–Crippen LogP) is 1.54. The van der Waals surface area contributed by atoms with Gasteiger partial charge in [0.15, 0.2) is 0 Å². The first kappa shape index (κ1) is 9.54. The molecule has 0 spiro atoms. The van der Waals surface area contributed by atoms with Crippen LogP contribution in [0.2, 0.25) is 0 Å². The van der Waals surface area contributed by atoms with Crippen molar-refractivity contribution in [1.82, 2.24) is 10.2 Å². The van der Waals surface area contributed by atoms with E-state index in [0.717, 1.165) is 24.6 Å². The van der Waals surface area contributed by atoms with Crippen LogP contribution in [0, 0.1) is 5.92 Å². The summed E-state index contributed by atoms with van der Waals surface area (Å²) in [4.78, 5) is 2.35. The molecule has 0 bridgehead atoms. The highest BCUT2D eigenvalue weighted by Crippen LogP contribution is 2.34. The maximum atomic E-state index is 5.87. The van der Waals surface area contributed by atoms with E-state index in [0.29, 0.717) is 18.1 Å². The molecule has 4 nitrogen and oxygen atoms in total. The Morgan fingerprint density at radius 3 is 3.33 bits per heavy atom. The maximum absolute atomic E-state index is 5.87. The zero-order valence-corrected chi connectivity index (χ0v) is 9.61. The molecule has 1 aromatic rings. The molecule has 3 rings (SSSR count). The predicted molar refractivity (Wildman–Crippen MR) is 59.2 cm³/mol. The van der Waals surface area contributed by atoms with Crippen LogP contribution in [-0.4, -0.2) is 35.5 Å². The molecule has 0 amide bonds. The van der Waals surface area contributed by atoms with Crippen LogP contribution in [0.1, 0.15) is 19.8 Å². The highest BCUT2D eigenvalue weighted by atomic mass is 32.1. The molecular formula is C10H15N3OS. The first-order valence-electron chi connectivity index (χ1n) is 5.49. The standard InChI is InChI=1S/C10H15N3OS/c1-7-4-8-5-13(3-2-9(8)14-7)10-12-11-6-15-10/h6-9H,2-5H2,1H3/t7-,8-,9+/m1/s1. The summed E-state index contributed by atoms with van der Waals surface area (Å²) in [6.07, 6.45) is 3.26. The molecule has 3 atom stereocenters. The number of piperidine rings is 1. The molecule has 0 N–H and O–H groups in total. The number of ether oxygens (including phenoxy) is 1. The van der Waals surface area contributed by atoms with E-state index in [1.165, 1.54) is 6.42 Å². The third-order valence-corrected chi connectivity index (χ3v) is 4.08. The van der Waals surface area contributed by atoms with Gasteiger partial charge in [-0.25, -0.2) is 0 Å². The lowest BCUT2D eigenvalue weighted by Crippen LogP contribution is -2.41. The van der Waals surface area contributed by atoms with E-state index < -0.39 is 0 Å². The van der Waals surface area contributed by atoms with Gasteiger partial charge >= 0.3 is 0 Å². The molecule has 0 unspecified atom stereocenters. The third kappa shape index (κ3) is 1.74. The normalized spacial score (nSPS) is 35.5. The van der Waals surface area contributed by atoms with Crippen LogP contribution in [0.4, 0.5) is 5.13 Å². The van der Waals surface area contributed by atoms with Gasteiger partial charge in [0.2, 0.25) is 5.13 Å². The molecule has 2 aliphatic heterocycles. The number of aromatic nitrogens is 2. The Bertz CT molecular complexity index is 329. The van der Waals surface area contributed by atoms with Crippen LogP contribution in [0.25, 0.3) is 0 Å². The van der Waals surface area contributed by atoms with Gasteiger partial charge in [0.05, 0.1) is 12.2 Å². The Morgan fingerprint density at radius 1 is 1.60 bits per heavy atom. The summed E-state index contributed by atoms with van der Waals surface area (Å²) in [5, 5.41) is 9.08. The minimum Gasteiger partial charge on any atom is -0.375 e. The lowest BCUT2D eigenvalue weighted by atomic mass is 9.93. The second-order valence-corrected chi connectivity index (χ2v) is 5.25. The van der Waals surface area contributed by atoms with Gasteiger partial charge in [-0.15, -0.1) is 10.2 Å². The summed E-state index contributed by atoms with van der Waals surface area (Å²) in [6, 6.07) is 0. The van der Waals surface area contributed by atoms with Crippen LogP contribution < -0.4 is 4.90 Å². The van der Waals surface area contributed by atoms with Gasteiger partial charge in [0.25, 0.3) is 0 Å². The first-order valence-corrected chi connectivity index (χ1v) is 6.37. The largest absolute Gasteiger partial charge is 0.375 e. The van der Waals surface area contributed by atoms with E-state index in [-0.39, 0.29) is 0 Å². The Kier molecular flexibility index (Phi) is 2.36. The van der Waals surface area contributed by atoms with Crippen molar-refractivity contribution in [2.75, 3.05) is 18.0 Å². The summed E-state index contributed by atoms with van der Waals surface area (Å²) in [7, 11) is 0. The molecule has 82 valence electrons. The smallest absolute Gasteiger partial charge is 0.208 e. The van der Waals surface area contributed by atoms with Crippen LogP contribution in [0.15, 0.2) is 5.51 Å². The van der Waals surface area contributed by atoms with Crippen LogP contribution >= 0.6 is 11.3 Å². The molecule has 0 saturated carbocycles. The summed E-state index contributed by atoms with van der Waals surface area (Å²) in [6.45, 7) is 4.32. The summed E-state index contributed by atoms with van der Waals surface area (Å²) >= 11 is 1.63. The molecular weight excluding hydrogens is 210 g/mol. The zero-order valence-electron chi connectivity index (χ0n) is 8.80. The van der Waals surface area contributed by atoms with Crippen LogP contribution in [0.5, 0.6) is 0 Å². The van der Waals surface area contributed by atoms with E-state index in [1.54, 1.807) is 16.8 Å². The average Bonchev–Trinajstić information content (AvgIpc) is 2.82. The number of nitrogens with zero attached hydrogens (tertiary/aromatic N) is 3. The summed E-state index contributed by atoms with van der Waals surface area (Å²) < 4.78 is 5.87. The molecule has 2 aliphatic rings. The minimum absolute atomic E-state index is 0.439. The molecule has 15 heavy (non-hydrogen) atoms. The van der Waals surface area contributed by atoms with Crippen molar-refractivity contribution < 1.29 is 4.74 Å². The number of hydrogen-bond donors (Lipinski definition) is 0. The van der Waals surface area contributed by atoms with Gasteiger partial charge in [-0.05, 0) is 19.8 Å². The molecule has 2 saturated heterocycles. The molecule has 1 aromatic heterocycles. The third-order valence-electron chi connectivity index (χ3n) is 3.33. The second-order valence-electron chi connectivity index (χ2n) is 4.44. The van der Waals surface area contributed by atoms with E-state index in [4.69, 9.17) is 4.74 Å². The molecule has 0 aromatic carbocycles.